The van der Waals surface area contributed by atoms with Crippen LogP contribution in [0.4, 0.5) is 0 Å². The van der Waals surface area contributed by atoms with Gasteiger partial charge in [0, 0.05) is 0 Å². The topological polar surface area (TPSA) is 42.7 Å². The molecule has 1 unspecified atom stereocenters. The molecule has 0 aliphatic carbocycles. The number of aryl methyl sites for hydroxylation is 1. The zero-order valence-corrected chi connectivity index (χ0v) is 13.1. The Kier molecular flexibility index (Phi) is 4.55. The van der Waals surface area contributed by atoms with E-state index in [1.54, 1.807) is 0 Å². The summed E-state index contributed by atoms with van der Waals surface area (Å²) in [4.78, 5) is 0. The van der Waals surface area contributed by atoms with E-state index in [-0.39, 0.29) is 6.04 Å². The lowest BCUT2D eigenvalue weighted by atomic mass is 10.1. The van der Waals surface area contributed by atoms with Crippen molar-refractivity contribution in [3.8, 4) is 5.69 Å². The van der Waals surface area contributed by atoms with Crippen LogP contribution in [0.15, 0.2) is 18.2 Å². The maximum absolute atomic E-state index is 4.37. The van der Waals surface area contributed by atoms with Gasteiger partial charge in [0.05, 0.1) is 17.4 Å². The van der Waals surface area contributed by atoms with Gasteiger partial charge in [-0.1, -0.05) is 24.3 Å². The third kappa shape index (κ3) is 2.75. The maximum Gasteiger partial charge on any atom is 0.103 e. The molecule has 0 spiro atoms. The summed E-state index contributed by atoms with van der Waals surface area (Å²) in [5.41, 5.74) is 5.77. The summed E-state index contributed by atoms with van der Waals surface area (Å²) in [5.74, 6) is 0. The van der Waals surface area contributed by atoms with Crippen LogP contribution in [0, 0.1) is 20.8 Å². The normalized spacial score (nSPS) is 12.7. The SMILES string of the molecule is CCCNC(C)c1nnn(-c2cccc(C)c2C)c1C. The maximum atomic E-state index is 4.37. The van der Waals surface area contributed by atoms with Crippen LogP contribution in [-0.2, 0) is 0 Å². The number of nitrogens with one attached hydrogen (secondary N) is 1. The highest BCUT2D eigenvalue weighted by molar-refractivity contribution is 5.45. The third-order valence-corrected chi connectivity index (χ3v) is 3.85. The standard InChI is InChI=1S/C16H24N4/c1-6-10-17-13(4)16-14(5)20(19-18-16)15-9-7-8-11(2)12(15)3/h7-9,13,17H,6,10H2,1-5H3. The summed E-state index contributed by atoms with van der Waals surface area (Å²) >= 11 is 0. The molecule has 0 aliphatic rings. The molecule has 0 radical (unpaired) electrons. The van der Waals surface area contributed by atoms with Crippen LogP contribution in [0.3, 0.4) is 0 Å². The van der Waals surface area contributed by atoms with Crippen molar-refractivity contribution in [3.63, 3.8) is 0 Å². The molecule has 1 atom stereocenters. The third-order valence-electron chi connectivity index (χ3n) is 3.85. The molecular weight excluding hydrogens is 248 g/mol. The molecule has 2 rings (SSSR count). The lowest BCUT2D eigenvalue weighted by molar-refractivity contribution is 0.555. The summed E-state index contributed by atoms with van der Waals surface area (Å²) < 4.78 is 1.95. The second kappa shape index (κ2) is 6.18. The smallest absolute Gasteiger partial charge is 0.103 e. The molecule has 4 heteroatoms. The Morgan fingerprint density at radius 1 is 1.25 bits per heavy atom. The first-order chi connectivity index (χ1) is 9.56. The van der Waals surface area contributed by atoms with Gasteiger partial charge in [-0.2, -0.15) is 0 Å². The summed E-state index contributed by atoms with van der Waals surface area (Å²) in [6.45, 7) is 11.6. The Morgan fingerprint density at radius 2 is 2.00 bits per heavy atom. The van der Waals surface area contributed by atoms with Crippen LogP contribution in [0.25, 0.3) is 5.69 Å². The van der Waals surface area contributed by atoms with Gasteiger partial charge in [-0.05, 0) is 57.9 Å². The molecule has 0 aliphatic heterocycles. The van der Waals surface area contributed by atoms with E-state index in [9.17, 15) is 0 Å². The van der Waals surface area contributed by atoms with Crippen molar-refractivity contribution in [2.24, 2.45) is 0 Å². The average Bonchev–Trinajstić information content (AvgIpc) is 2.81. The molecule has 1 aromatic heterocycles. The Morgan fingerprint density at radius 3 is 2.70 bits per heavy atom. The van der Waals surface area contributed by atoms with Crippen molar-refractivity contribution >= 4 is 0 Å². The monoisotopic (exact) mass is 272 g/mol. The highest BCUT2D eigenvalue weighted by atomic mass is 15.4. The lowest BCUT2D eigenvalue weighted by Crippen LogP contribution is -2.20. The van der Waals surface area contributed by atoms with E-state index in [4.69, 9.17) is 0 Å². The van der Waals surface area contributed by atoms with Gasteiger partial charge in [0.2, 0.25) is 0 Å². The first kappa shape index (κ1) is 14.7. The van der Waals surface area contributed by atoms with Crippen LogP contribution < -0.4 is 5.32 Å². The van der Waals surface area contributed by atoms with Gasteiger partial charge in [-0.15, -0.1) is 5.10 Å². The largest absolute Gasteiger partial charge is 0.309 e. The van der Waals surface area contributed by atoms with Gasteiger partial charge in [-0.25, -0.2) is 4.68 Å². The summed E-state index contributed by atoms with van der Waals surface area (Å²) in [6.07, 6.45) is 1.12. The van der Waals surface area contributed by atoms with Crippen molar-refractivity contribution < 1.29 is 0 Å². The van der Waals surface area contributed by atoms with E-state index < -0.39 is 0 Å². The molecule has 0 saturated carbocycles. The number of hydrogen-bond acceptors (Lipinski definition) is 3. The van der Waals surface area contributed by atoms with E-state index in [2.05, 4.69) is 68.4 Å². The molecule has 0 bridgehead atoms. The van der Waals surface area contributed by atoms with Crippen LogP contribution in [-0.4, -0.2) is 21.5 Å². The zero-order chi connectivity index (χ0) is 14.7. The summed E-state index contributed by atoms with van der Waals surface area (Å²) in [6, 6.07) is 6.51. The van der Waals surface area contributed by atoms with E-state index in [1.807, 2.05) is 4.68 Å². The molecule has 1 N–H and O–H groups in total. The Balaban J connectivity index is 2.35. The van der Waals surface area contributed by atoms with Gasteiger partial charge < -0.3 is 5.32 Å². The fourth-order valence-electron chi connectivity index (χ4n) is 2.39. The van der Waals surface area contributed by atoms with Crippen molar-refractivity contribution in [1.29, 1.82) is 0 Å². The summed E-state index contributed by atoms with van der Waals surface area (Å²) in [7, 11) is 0. The highest BCUT2D eigenvalue weighted by Crippen LogP contribution is 2.21. The molecule has 2 aromatic rings. The molecule has 0 saturated heterocycles. The lowest BCUT2D eigenvalue weighted by Gasteiger charge is -2.13. The van der Waals surface area contributed by atoms with Gasteiger partial charge in [-0.3, -0.25) is 0 Å². The Labute approximate surface area is 121 Å². The minimum Gasteiger partial charge on any atom is -0.309 e. The number of aromatic nitrogens is 3. The van der Waals surface area contributed by atoms with Gasteiger partial charge >= 0.3 is 0 Å². The second-order valence-electron chi connectivity index (χ2n) is 5.37. The molecular formula is C16H24N4. The first-order valence-corrected chi connectivity index (χ1v) is 7.28. The van der Waals surface area contributed by atoms with E-state index in [0.29, 0.717) is 0 Å². The van der Waals surface area contributed by atoms with Crippen LogP contribution >= 0.6 is 0 Å². The highest BCUT2D eigenvalue weighted by Gasteiger charge is 2.16. The van der Waals surface area contributed by atoms with E-state index in [1.165, 1.54) is 11.1 Å². The number of nitrogens with zero attached hydrogens (tertiary/aromatic N) is 3. The predicted octanol–water partition coefficient (Wildman–Crippen LogP) is 3.25. The minimum atomic E-state index is 0.230. The van der Waals surface area contributed by atoms with Crippen molar-refractivity contribution in [1.82, 2.24) is 20.3 Å². The van der Waals surface area contributed by atoms with Crippen molar-refractivity contribution in [2.75, 3.05) is 6.54 Å². The molecule has 20 heavy (non-hydrogen) atoms. The molecule has 1 aromatic carbocycles. The number of hydrogen-bond donors (Lipinski definition) is 1. The first-order valence-electron chi connectivity index (χ1n) is 7.28. The van der Waals surface area contributed by atoms with E-state index >= 15 is 0 Å². The molecule has 0 fully saturated rings. The number of rotatable bonds is 5. The zero-order valence-electron chi connectivity index (χ0n) is 13.1. The van der Waals surface area contributed by atoms with Gasteiger partial charge in [0.1, 0.15) is 5.69 Å². The molecule has 0 amide bonds. The minimum absolute atomic E-state index is 0.230. The fourth-order valence-corrected chi connectivity index (χ4v) is 2.39. The Hall–Kier alpha value is -1.68. The molecule has 4 nitrogen and oxygen atoms in total. The van der Waals surface area contributed by atoms with Crippen LogP contribution in [0.2, 0.25) is 0 Å². The number of benzene rings is 1. The molecule has 1 heterocycles. The summed E-state index contributed by atoms with van der Waals surface area (Å²) in [5, 5.41) is 12.2. The van der Waals surface area contributed by atoms with Crippen LogP contribution in [0.1, 0.15) is 48.8 Å². The van der Waals surface area contributed by atoms with Crippen LogP contribution in [0.5, 0.6) is 0 Å². The predicted molar refractivity (Wildman–Crippen MR) is 82.3 cm³/mol. The quantitative estimate of drug-likeness (QED) is 0.908. The van der Waals surface area contributed by atoms with E-state index in [0.717, 1.165) is 30.0 Å². The van der Waals surface area contributed by atoms with Crippen molar-refractivity contribution in [3.05, 3.63) is 40.7 Å². The van der Waals surface area contributed by atoms with Crippen molar-refractivity contribution in [2.45, 2.75) is 47.1 Å². The Bertz CT molecular complexity index is 586. The molecule has 108 valence electrons. The van der Waals surface area contributed by atoms with Gasteiger partial charge in [0.25, 0.3) is 0 Å². The fraction of sp³-hybridized carbons (Fsp3) is 0.500. The average molecular weight is 272 g/mol. The second-order valence-corrected chi connectivity index (χ2v) is 5.37. The van der Waals surface area contributed by atoms with Gasteiger partial charge in [0.15, 0.2) is 0 Å².